The monoisotopic (exact) mass is 426 g/mol. The number of hydrogen-bond donors (Lipinski definition) is 2. The third-order valence-electron chi connectivity index (χ3n) is 5.28. The second-order valence-corrected chi connectivity index (χ2v) is 7.81. The van der Waals surface area contributed by atoms with E-state index >= 15 is 0 Å². The quantitative estimate of drug-likeness (QED) is 0.419. The molecule has 0 atom stereocenters. The third-order valence-corrected chi connectivity index (χ3v) is 5.28. The first kappa shape index (κ1) is 21.2. The number of ether oxygens (including phenoxy) is 1. The van der Waals surface area contributed by atoms with E-state index in [2.05, 4.69) is 10.6 Å². The number of fused-ring (bicyclic) bond motifs is 1. The summed E-state index contributed by atoms with van der Waals surface area (Å²) in [4.78, 5) is 19.4. The molecular weight excluding hydrogens is 400 g/mol. The minimum atomic E-state index is -0.141. The Balaban J connectivity index is 1.52. The van der Waals surface area contributed by atoms with E-state index in [1.165, 1.54) is 0 Å². The molecule has 4 rings (SSSR count). The van der Waals surface area contributed by atoms with E-state index in [4.69, 9.17) is 9.72 Å². The summed E-state index contributed by atoms with van der Waals surface area (Å²) in [5.41, 5.74) is 5.26. The predicted molar refractivity (Wildman–Crippen MR) is 131 cm³/mol. The number of carbonyl (C=O) groups excluding carboxylic acids is 1. The van der Waals surface area contributed by atoms with Crippen LogP contribution in [-0.2, 0) is 0 Å². The van der Waals surface area contributed by atoms with Gasteiger partial charge in [-0.3, -0.25) is 4.79 Å². The van der Waals surface area contributed by atoms with Gasteiger partial charge in [0.05, 0.1) is 12.6 Å². The number of benzene rings is 3. The summed E-state index contributed by atoms with van der Waals surface area (Å²) in [5, 5.41) is 7.30. The first-order chi connectivity index (χ1) is 15.4. The van der Waals surface area contributed by atoms with E-state index in [9.17, 15) is 4.79 Å². The van der Waals surface area contributed by atoms with Crippen LogP contribution in [0.2, 0.25) is 0 Å². The van der Waals surface area contributed by atoms with Gasteiger partial charge in [-0.1, -0.05) is 0 Å². The molecule has 6 heteroatoms. The molecule has 0 saturated heterocycles. The van der Waals surface area contributed by atoms with Crippen molar-refractivity contribution in [2.45, 2.75) is 6.92 Å². The minimum absolute atomic E-state index is 0.141. The third kappa shape index (κ3) is 4.64. The maximum absolute atomic E-state index is 12.7. The number of hydrogen-bond acceptors (Lipinski definition) is 5. The van der Waals surface area contributed by atoms with Gasteiger partial charge in [-0.05, 0) is 85.3 Å². The topological polar surface area (TPSA) is 66.5 Å². The first-order valence-corrected chi connectivity index (χ1v) is 10.3. The number of methoxy groups -OCH3 is 1. The van der Waals surface area contributed by atoms with Crippen LogP contribution in [0.4, 0.5) is 22.9 Å². The highest BCUT2D eigenvalue weighted by atomic mass is 16.5. The van der Waals surface area contributed by atoms with Crippen LogP contribution in [0.25, 0.3) is 10.9 Å². The maximum atomic E-state index is 12.7. The SMILES string of the molecule is COc1ccc(Nc2cc(C)c3cc(NC(=O)c4ccc(N(C)C)cc4)ccc3n2)cc1. The minimum Gasteiger partial charge on any atom is -0.497 e. The van der Waals surface area contributed by atoms with Crippen LogP contribution < -0.4 is 20.3 Å². The molecule has 1 heterocycles. The molecule has 1 aromatic heterocycles. The molecule has 0 fully saturated rings. The van der Waals surface area contributed by atoms with Gasteiger partial charge in [0.15, 0.2) is 0 Å². The van der Waals surface area contributed by atoms with E-state index in [0.717, 1.165) is 45.1 Å². The molecule has 32 heavy (non-hydrogen) atoms. The lowest BCUT2D eigenvalue weighted by molar-refractivity contribution is 0.102. The average Bonchev–Trinajstić information content (AvgIpc) is 2.80. The van der Waals surface area contributed by atoms with Gasteiger partial charge >= 0.3 is 0 Å². The summed E-state index contributed by atoms with van der Waals surface area (Å²) in [6, 6.07) is 23.0. The molecule has 0 bridgehead atoms. The number of carbonyl (C=O) groups is 1. The summed E-state index contributed by atoms with van der Waals surface area (Å²) in [6.45, 7) is 2.04. The maximum Gasteiger partial charge on any atom is 0.255 e. The molecule has 0 spiro atoms. The van der Waals surface area contributed by atoms with Gasteiger partial charge in [0.1, 0.15) is 11.6 Å². The number of pyridine rings is 1. The van der Waals surface area contributed by atoms with Crippen molar-refractivity contribution in [3.8, 4) is 5.75 Å². The van der Waals surface area contributed by atoms with Crippen LogP contribution in [-0.4, -0.2) is 32.1 Å². The zero-order valence-corrected chi connectivity index (χ0v) is 18.6. The van der Waals surface area contributed by atoms with Crippen molar-refractivity contribution in [3.63, 3.8) is 0 Å². The average molecular weight is 427 g/mol. The number of amides is 1. The van der Waals surface area contributed by atoms with Crippen molar-refractivity contribution in [2.75, 3.05) is 36.7 Å². The molecule has 162 valence electrons. The lowest BCUT2D eigenvalue weighted by Gasteiger charge is -2.13. The molecule has 0 aliphatic rings. The van der Waals surface area contributed by atoms with Gasteiger partial charge in [-0.2, -0.15) is 0 Å². The van der Waals surface area contributed by atoms with Crippen molar-refractivity contribution in [2.24, 2.45) is 0 Å². The van der Waals surface area contributed by atoms with E-state index in [0.29, 0.717) is 5.56 Å². The van der Waals surface area contributed by atoms with Crippen molar-refractivity contribution in [1.29, 1.82) is 0 Å². The van der Waals surface area contributed by atoms with Crippen LogP contribution in [0.5, 0.6) is 5.75 Å². The molecule has 1 amide bonds. The van der Waals surface area contributed by atoms with Gasteiger partial charge < -0.3 is 20.3 Å². The molecule has 2 N–H and O–H groups in total. The molecule has 0 aliphatic carbocycles. The van der Waals surface area contributed by atoms with E-state index in [1.807, 2.05) is 98.7 Å². The Kier molecular flexibility index (Phi) is 5.94. The van der Waals surface area contributed by atoms with Crippen molar-refractivity contribution < 1.29 is 9.53 Å². The van der Waals surface area contributed by atoms with E-state index in [-0.39, 0.29) is 5.91 Å². The molecule has 0 aliphatic heterocycles. The summed E-state index contributed by atoms with van der Waals surface area (Å²) in [5.74, 6) is 1.43. The normalized spacial score (nSPS) is 10.6. The van der Waals surface area contributed by atoms with Gasteiger partial charge in [0.2, 0.25) is 0 Å². The second-order valence-electron chi connectivity index (χ2n) is 7.81. The fourth-order valence-electron chi connectivity index (χ4n) is 3.47. The zero-order chi connectivity index (χ0) is 22.7. The largest absolute Gasteiger partial charge is 0.497 e. The smallest absolute Gasteiger partial charge is 0.255 e. The summed E-state index contributed by atoms with van der Waals surface area (Å²) >= 11 is 0. The Morgan fingerprint density at radius 1 is 0.906 bits per heavy atom. The fraction of sp³-hybridized carbons (Fsp3) is 0.154. The fourth-order valence-corrected chi connectivity index (χ4v) is 3.47. The molecular formula is C26H26N4O2. The molecule has 4 aromatic rings. The Bertz CT molecular complexity index is 1250. The Morgan fingerprint density at radius 2 is 1.59 bits per heavy atom. The standard InChI is InChI=1S/C26H26N4O2/c1-17-15-25(27-19-7-12-22(32-4)13-8-19)29-24-14-9-20(16-23(17)24)28-26(31)18-5-10-21(11-6-18)30(2)3/h5-16H,1-4H3,(H,27,29)(H,28,31). The number of aromatic nitrogens is 1. The number of nitrogens with zero attached hydrogens (tertiary/aromatic N) is 2. The van der Waals surface area contributed by atoms with E-state index < -0.39 is 0 Å². The summed E-state index contributed by atoms with van der Waals surface area (Å²) in [6.07, 6.45) is 0. The van der Waals surface area contributed by atoms with Crippen LogP contribution in [0.15, 0.2) is 72.8 Å². The summed E-state index contributed by atoms with van der Waals surface area (Å²) in [7, 11) is 5.59. The van der Waals surface area contributed by atoms with Crippen LogP contribution in [0, 0.1) is 6.92 Å². The van der Waals surface area contributed by atoms with Gasteiger partial charge in [0, 0.05) is 42.1 Å². The van der Waals surface area contributed by atoms with Crippen molar-refractivity contribution in [3.05, 3.63) is 83.9 Å². The van der Waals surface area contributed by atoms with Gasteiger partial charge in [-0.15, -0.1) is 0 Å². The highest BCUT2D eigenvalue weighted by molar-refractivity contribution is 6.05. The Hall–Kier alpha value is -4.06. The number of aryl methyl sites for hydroxylation is 1. The lowest BCUT2D eigenvalue weighted by Crippen LogP contribution is -2.13. The highest BCUT2D eigenvalue weighted by Gasteiger charge is 2.09. The molecule has 6 nitrogen and oxygen atoms in total. The number of rotatable bonds is 6. The van der Waals surface area contributed by atoms with Crippen LogP contribution in [0.1, 0.15) is 15.9 Å². The second kappa shape index (κ2) is 8.98. The molecule has 0 unspecified atom stereocenters. The summed E-state index contributed by atoms with van der Waals surface area (Å²) < 4.78 is 5.20. The molecule has 3 aromatic carbocycles. The zero-order valence-electron chi connectivity index (χ0n) is 18.6. The van der Waals surface area contributed by atoms with Gasteiger partial charge in [-0.25, -0.2) is 4.98 Å². The predicted octanol–water partition coefficient (Wildman–Crippen LogP) is 5.61. The van der Waals surface area contributed by atoms with Crippen molar-refractivity contribution in [1.82, 2.24) is 4.98 Å². The molecule has 0 saturated carbocycles. The van der Waals surface area contributed by atoms with Gasteiger partial charge in [0.25, 0.3) is 5.91 Å². The highest BCUT2D eigenvalue weighted by Crippen LogP contribution is 2.26. The molecule has 0 radical (unpaired) electrons. The Labute approximate surface area is 187 Å². The number of nitrogens with one attached hydrogen (secondary N) is 2. The lowest BCUT2D eigenvalue weighted by atomic mass is 10.1. The first-order valence-electron chi connectivity index (χ1n) is 10.3. The van der Waals surface area contributed by atoms with E-state index in [1.54, 1.807) is 7.11 Å². The van der Waals surface area contributed by atoms with Crippen molar-refractivity contribution >= 4 is 39.7 Å². The van der Waals surface area contributed by atoms with Crippen LogP contribution in [0.3, 0.4) is 0 Å². The Morgan fingerprint density at radius 3 is 2.25 bits per heavy atom. The number of anilines is 4. The van der Waals surface area contributed by atoms with Crippen LogP contribution >= 0.6 is 0 Å².